The van der Waals surface area contributed by atoms with E-state index in [9.17, 15) is 15.0 Å². The summed E-state index contributed by atoms with van der Waals surface area (Å²) in [5, 5.41) is 30.8. The third-order valence-corrected chi connectivity index (χ3v) is 10.5. The van der Waals surface area contributed by atoms with E-state index in [2.05, 4.69) is 29.7 Å². The normalized spacial score (nSPS) is 29.3. The van der Waals surface area contributed by atoms with Crippen LogP contribution < -0.4 is 10.6 Å². The van der Waals surface area contributed by atoms with Gasteiger partial charge in [0.15, 0.2) is 5.13 Å². The quantitative estimate of drug-likeness (QED) is 0.334. The Morgan fingerprint density at radius 1 is 1.17 bits per heavy atom. The Balaban J connectivity index is 1.43. The highest BCUT2D eigenvalue weighted by Gasteiger charge is 2.59. The first-order valence-electron chi connectivity index (χ1n) is 12.7. The number of carbonyl (C=O) groups excluding carboxylic acids is 1. The maximum atomic E-state index is 13.2. The van der Waals surface area contributed by atoms with Crippen molar-refractivity contribution in [2.75, 3.05) is 11.9 Å². The lowest BCUT2D eigenvalue weighted by Gasteiger charge is -2.58. The first-order valence-corrected chi connectivity index (χ1v) is 14.4. The van der Waals surface area contributed by atoms with E-state index >= 15 is 0 Å². The molecule has 1 aromatic carbocycles. The van der Waals surface area contributed by atoms with Crippen LogP contribution in [0.5, 0.6) is 0 Å². The van der Waals surface area contributed by atoms with Crippen molar-refractivity contribution in [1.82, 2.24) is 10.3 Å². The van der Waals surface area contributed by atoms with Crippen LogP contribution in [-0.4, -0.2) is 33.8 Å². The van der Waals surface area contributed by atoms with E-state index in [1.807, 2.05) is 42.6 Å². The highest BCUT2D eigenvalue weighted by atomic mass is 32.1. The monoisotopic (exact) mass is 525 g/mol. The van der Waals surface area contributed by atoms with Crippen molar-refractivity contribution in [3.8, 4) is 0 Å². The zero-order chi connectivity index (χ0) is 25.3. The van der Waals surface area contributed by atoms with Crippen molar-refractivity contribution in [1.29, 1.82) is 0 Å². The molecule has 0 aliphatic heterocycles. The summed E-state index contributed by atoms with van der Waals surface area (Å²) >= 11 is 3.29. The largest absolute Gasteiger partial charge is 0.396 e. The number of nitrogens with one attached hydrogen (secondary N) is 2. The predicted molar refractivity (Wildman–Crippen MR) is 145 cm³/mol. The molecule has 5 atom stereocenters. The fourth-order valence-electron chi connectivity index (χ4n) is 6.35. The minimum Gasteiger partial charge on any atom is -0.396 e. The first kappa shape index (κ1) is 25.4. The number of anilines is 1. The van der Waals surface area contributed by atoms with E-state index in [-0.39, 0.29) is 29.8 Å². The van der Waals surface area contributed by atoms with E-state index < -0.39 is 11.5 Å². The molecule has 0 bridgehead atoms. The average Bonchev–Trinajstić information content (AvgIpc) is 3.56. The lowest BCUT2D eigenvalue weighted by atomic mass is 9.47. The molecule has 2 aromatic heterocycles. The van der Waals surface area contributed by atoms with Gasteiger partial charge in [-0.05, 0) is 47.6 Å². The summed E-state index contributed by atoms with van der Waals surface area (Å²) in [6, 6.07) is 14.3. The Morgan fingerprint density at radius 3 is 2.69 bits per heavy atom. The minimum absolute atomic E-state index is 0.0184. The van der Waals surface area contributed by atoms with Gasteiger partial charge in [-0.3, -0.25) is 4.79 Å². The topological polar surface area (TPSA) is 94.5 Å². The number of hydrogen-bond donors (Lipinski definition) is 4. The molecule has 1 saturated carbocycles. The van der Waals surface area contributed by atoms with Gasteiger partial charge in [0.2, 0.25) is 5.91 Å². The second kappa shape index (κ2) is 10.2. The molecular formula is C28H35N3O3S2. The van der Waals surface area contributed by atoms with Gasteiger partial charge < -0.3 is 20.8 Å². The summed E-state index contributed by atoms with van der Waals surface area (Å²) in [5.74, 6) is 0.00472. The molecule has 0 radical (unpaired) electrons. The summed E-state index contributed by atoms with van der Waals surface area (Å²) in [6.45, 7) is 5.40. The number of aromatic nitrogens is 1. The number of thiophene rings is 1. The number of aliphatic hydroxyl groups is 2. The highest BCUT2D eigenvalue weighted by Crippen LogP contribution is 2.62. The van der Waals surface area contributed by atoms with Crippen LogP contribution in [-0.2, 0) is 24.3 Å². The Labute approximate surface area is 220 Å². The number of benzene rings is 1. The van der Waals surface area contributed by atoms with E-state index in [4.69, 9.17) is 4.98 Å². The standard InChI is InChI=1S/C28H35N3O3S2/c1-27-11-10-23(33)28(2,17-32)22(27)14-21-25(20(27)13-24(34)29-16-19-9-6-12-35-19)31-26(36-21)30-15-18-7-4-3-5-8-18/h3-9,12,20,22-23,32-33H,10-11,13-17H2,1-2H3,(H,29,34)(H,30,31). The summed E-state index contributed by atoms with van der Waals surface area (Å²) in [4.78, 5) is 20.5. The fourth-order valence-corrected chi connectivity index (χ4v) is 8.06. The number of thiazole rings is 1. The van der Waals surface area contributed by atoms with Crippen LogP contribution in [0.25, 0.3) is 0 Å². The molecule has 3 aromatic rings. The number of nitrogens with zero attached hydrogens (tertiary/aromatic N) is 1. The molecule has 1 amide bonds. The molecule has 4 N–H and O–H groups in total. The Bertz CT molecular complexity index is 1180. The van der Waals surface area contributed by atoms with Crippen LogP contribution in [0.15, 0.2) is 47.8 Å². The zero-order valence-corrected chi connectivity index (χ0v) is 22.5. The Morgan fingerprint density at radius 2 is 1.97 bits per heavy atom. The molecule has 2 heterocycles. The van der Waals surface area contributed by atoms with Gasteiger partial charge >= 0.3 is 0 Å². The van der Waals surface area contributed by atoms with Crippen LogP contribution in [0, 0.1) is 16.7 Å². The van der Waals surface area contributed by atoms with Gasteiger partial charge in [0.1, 0.15) is 0 Å². The van der Waals surface area contributed by atoms with E-state index in [1.54, 1.807) is 22.7 Å². The summed E-state index contributed by atoms with van der Waals surface area (Å²) in [7, 11) is 0. The molecule has 8 heteroatoms. The maximum Gasteiger partial charge on any atom is 0.220 e. The number of fused-ring (bicyclic) bond motifs is 2. The fraction of sp³-hybridized carbons (Fsp3) is 0.500. The SMILES string of the molecule is CC1(CO)C(O)CCC2(C)C(CC(=O)NCc3cccs3)c3nc(NCc4ccccc4)sc3CC12. The highest BCUT2D eigenvalue weighted by molar-refractivity contribution is 7.15. The summed E-state index contributed by atoms with van der Waals surface area (Å²) in [5.41, 5.74) is 1.34. The van der Waals surface area contributed by atoms with Gasteiger partial charge in [-0.2, -0.15) is 0 Å². The van der Waals surface area contributed by atoms with E-state index in [1.165, 1.54) is 5.56 Å². The van der Waals surface area contributed by atoms with Crippen molar-refractivity contribution in [3.05, 3.63) is 68.9 Å². The third kappa shape index (κ3) is 4.72. The van der Waals surface area contributed by atoms with Gasteiger partial charge in [-0.1, -0.05) is 50.2 Å². The average molecular weight is 526 g/mol. The van der Waals surface area contributed by atoms with Crippen LogP contribution >= 0.6 is 22.7 Å². The molecule has 6 nitrogen and oxygen atoms in total. The van der Waals surface area contributed by atoms with E-state index in [0.717, 1.165) is 33.4 Å². The van der Waals surface area contributed by atoms with Crippen LogP contribution in [0.3, 0.4) is 0 Å². The van der Waals surface area contributed by atoms with Crippen LogP contribution in [0.1, 0.15) is 60.0 Å². The van der Waals surface area contributed by atoms with Crippen LogP contribution in [0.4, 0.5) is 5.13 Å². The van der Waals surface area contributed by atoms with E-state index in [0.29, 0.717) is 25.9 Å². The van der Waals surface area contributed by atoms with Crippen molar-refractivity contribution in [3.63, 3.8) is 0 Å². The molecule has 36 heavy (non-hydrogen) atoms. The Kier molecular flexibility index (Phi) is 7.23. The smallest absolute Gasteiger partial charge is 0.220 e. The lowest BCUT2D eigenvalue weighted by Crippen LogP contribution is -2.57. The molecule has 1 fully saturated rings. The Hall–Kier alpha value is -2.26. The van der Waals surface area contributed by atoms with Crippen molar-refractivity contribution >= 4 is 33.7 Å². The number of amides is 1. The minimum atomic E-state index is -0.613. The molecule has 2 aliphatic carbocycles. The van der Waals surface area contributed by atoms with Gasteiger partial charge in [0.05, 0.1) is 24.9 Å². The summed E-state index contributed by atoms with van der Waals surface area (Å²) < 4.78 is 0. The second-order valence-electron chi connectivity index (χ2n) is 10.8. The molecule has 0 spiro atoms. The van der Waals surface area contributed by atoms with Crippen molar-refractivity contribution < 1.29 is 15.0 Å². The van der Waals surface area contributed by atoms with Gasteiger partial charge in [0.25, 0.3) is 0 Å². The summed E-state index contributed by atoms with van der Waals surface area (Å²) in [6.07, 6.45) is 1.98. The molecule has 5 rings (SSSR count). The lowest BCUT2D eigenvalue weighted by molar-refractivity contribution is -0.144. The number of hydrogen-bond acceptors (Lipinski definition) is 7. The van der Waals surface area contributed by atoms with Crippen LogP contribution in [0.2, 0.25) is 0 Å². The van der Waals surface area contributed by atoms with Gasteiger partial charge in [0, 0.05) is 34.1 Å². The molecule has 2 aliphatic rings. The number of rotatable bonds is 8. The molecule has 0 saturated heterocycles. The zero-order valence-electron chi connectivity index (χ0n) is 20.9. The molecular weight excluding hydrogens is 490 g/mol. The van der Waals surface area contributed by atoms with Gasteiger partial charge in [-0.15, -0.1) is 22.7 Å². The maximum absolute atomic E-state index is 13.2. The molecule has 192 valence electrons. The predicted octanol–water partition coefficient (Wildman–Crippen LogP) is 4.94. The first-order chi connectivity index (χ1) is 17.3. The molecule has 5 unspecified atom stereocenters. The van der Waals surface area contributed by atoms with Crippen molar-refractivity contribution in [2.24, 2.45) is 16.7 Å². The second-order valence-corrected chi connectivity index (χ2v) is 12.9. The number of aliphatic hydroxyl groups excluding tert-OH is 2. The van der Waals surface area contributed by atoms with Crippen molar-refractivity contribution in [2.45, 2.75) is 64.6 Å². The number of carbonyl (C=O) groups is 1. The van der Waals surface area contributed by atoms with Gasteiger partial charge in [-0.25, -0.2) is 4.98 Å². The third-order valence-electron chi connectivity index (χ3n) is 8.61.